The first-order valence-electron chi connectivity index (χ1n) is 7.75. The molecule has 0 spiro atoms. The molecular formula is C18H22N2O2. The van der Waals surface area contributed by atoms with Crippen molar-refractivity contribution in [3.63, 3.8) is 0 Å². The molecule has 0 aliphatic carbocycles. The van der Waals surface area contributed by atoms with Crippen LogP contribution in [0.1, 0.15) is 36.5 Å². The summed E-state index contributed by atoms with van der Waals surface area (Å²) in [6.07, 6.45) is 2.45. The molecular weight excluding hydrogens is 276 g/mol. The summed E-state index contributed by atoms with van der Waals surface area (Å²) in [6.45, 7) is 2.94. The molecule has 2 amide bonds. The van der Waals surface area contributed by atoms with Crippen molar-refractivity contribution in [1.29, 1.82) is 0 Å². The minimum Gasteiger partial charge on any atom is -0.354 e. The third-order valence-electron chi connectivity index (χ3n) is 3.52. The zero-order valence-corrected chi connectivity index (χ0v) is 12.9. The molecule has 4 heteroatoms. The fourth-order valence-corrected chi connectivity index (χ4v) is 2.32. The monoisotopic (exact) mass is 298 g/mol. The van der Waals surface area contributed by atoms with Crippen LogP contribution in [0.25, 0.3) is 10.8 Å². The number of fused-ring (bicyclic) bond motifs is 1. The molecule has 0 aliphatic rings. The van der Waals surface area contributed by atoms with Crippen molar-refractivity contribution in [1.82, 2.24) is 10.6 Å². The number of nitrogens with one attached hydrogen (secondary N) is 2. The first-order valence-corrected chi connectivity index (χ1v) is 7.75. The molecule has 0 aliphatic heterocycles. The zero-order chi connectivity index (χ0) is 15.8. The predicted octanol–water partition coefficient (Wildman–Crippen LogP) is 2.88. The van der Waals surface area contributed by atoms with Crippen LogP contribution in [0.3, 0.4) is 0 Å². The molecule has 4 nitrogen and oxygen atoms in total. The highest BCUT2D eigenvalue weighted by atomic mass is 16.2. The Morgan fingerprint density at radius 1 is 0.955 bits per heavy atom. The summed E-state index contributed by atoms with van der Waals surface area (Å²) in [6, 6.07) is 13.5. The van der Waals surface area contributed by atoms with Gasteiger partial charge in [-0.3, -0.25) is 9.59 Å². The lowest BCUT2D eigenvalue weighted by Crippen LogP contribution is -2.34. The normalized spacial score (nSPS) is 10.4. The molecule has 0 aromatic heterocycles. The van der Waals surface area contributed by atoms with Crippen molar-refractivity contribution in [3.05, 3.63) is 48.0 Å². The Labute approximate surface area is 130 Å². The molecule has 2 N–H and O–H groups in total. The molecule has 0 bridgehead atoms. The van der Waals surface area contributed by atoms with Crippen LogP contribution in [0.2, 0.25) is 0 Å². The molecule has 0 fully saturated rings. The lowest BCUT2D eigenvalue weighted by atomic mass is 10.0. The lowest BCUT2D eigenvalue weighted by Gasteiger charge is -2.09. The summed E-state index contributed by atoms with van der Waals surface area (Å²) < 4.78 is 0. The molecule has 116 valence electrons. The average molecular weight is 298 g/mol. The second kappa shape index (κ2) is 8.17. The number of hydrogen-bond acceptors (Lipinski definition) is 2. The minimum atomic E-state index is -0.111. The number of unbranched alkanes of at least 4 members (excludes halogenated alkanes) is 1. The maximum Gasteiger partial charge on any atom is 0.251 e. The Hall–Kier alpha value is -2.36. The Bertz CT molecular complexity index is 647. The molecule has 2 aromatic carbocycles. The van der Waals surface area contributed by atoms with Crippen molar-refractivity contribution in [2.24, 2.45) is 0 Å². The fraction of sp³-hybridized carbons (Fsp3) is 0.333. The van der Waals surface area contributed by atoms with E-state index >= 15 is 0 Å². The van der Waals surface area contributed by atoms with Crippen LogP contribution in [0.4, 0.5) is 0 Å². The van der Waals surface area contributed by atoms with Crippen molar-refractivity contribution < 1.29 is 9.59 Å². The highest BCUT2D eigenvalue weighted by Gasteiger charge is 2.08. The highest BCUT2D eigenvalue weighted by Crippen LogP contribution is 2.18. The van der Waals surface area contributed by atoms with Crippen LogP contribution in [0.5, 0.6) is 0 Å². The molecule has 2 aromatic rings. The van der Waals surface area contributed by atoms with Gasteiger partial charge in [-0.25, -0.2) is 0 Å². The quantitative estimate of drug-likeness (QED) is 0.772. The summed E-state index contributed by atoms with van der Waals surface area (Å²) in [5, 5.41) is 7.64. The van der Waals surface area contributed by atoms with E-state index in [1.54, 1.807) is 0 Å². The van der Waals surface area contributed by atoms with Crippen LogP contribution < -0.4 is 10.6 Å². The molecule has 0 atom stereocenters. The zero-order valence-electron chi connectivity index (χ0n) is 12.9. The van der Waals surface area contributed by atoms with Crippen molar-refractivity contribution in [3.8, 4) is 0 Å². The van der Waals surface area contributed by atoms with E-state index in [0.29, 0.717) is 25.1 Å². The van der Waals surface area contributed by atoms with Gasteiger partial charge in [0, 0.05) is 25.1 Å². The highest BCUT2D eigenvalue weighted by molar-refractivity contribution is 6.06. The topological polar surface area (TPSA) is 58.2 Å². The van der Waals surface area contributed by atoms with Crippen LogP contribution >= 0.6 is 0 Å². The third kappa shape index (κ3) is 4.32. The van der Waals surface area contributed by atoms with Crippen LogP contribution in [0, 0.1) is 0 Å². The molecule has 0 saturated heterocycles. The predicted molar refractivity (Wildman–Crippen MR) is 88.8 cm³/mol. The standard InChI is InChI=1S/C18H22N2O2/c1-2-3-11-17(21)19-12-13-20-18(22)16-10-6-8-14-7-4-5-9-15(14)16/h4-10H,2-3,11-13H2,1H3,(H,19,21)(H,20,22). The Kier molecular flexibility index (Phi) is 5.95. The van der Waals surface area contributed by atoms with E-state index in [1.807, 2.05) is 42.5 Å². The van der Waals surface area contributed by atoms with Gasteiger partial charge in [-0.1, -0.05) is 49.7 Å². The van der Waals surface area contributed by atoms with Gasteiger partial charge in [0.05, 0.1) is 0 Å². The van der Waals surface area contributed by atoms with Crippen molar-refractivity contribution in [2.75, 3.05) is 13.1 Å². The molecule has 0 unspecified atom stereocenters. The first kappa shape index (κ1) is 16.0. The maximum absolute atomic E-state index is 12.3. The van der Waals surface area contributed by atoms with Crippen LogP contribution in [0.15, 0.2) is 42.5 Å². The number of amides is 2. The number of hydrogen-bond donors (Lipinski definition) is 2. The third-order valence-corrected chi connectivity index (χ3v) is 3.52. The second-order valence-corrected chi connectivity index (χ2v) is 5.24. The van der Waals surface area contributed by atoms with E-state index in [2.05, 4.69) is 17.6 Å². The van der Waals surface area contributed by atoms with Crippen LogP contribution in [-0.4, -0.2) is 24.9 Å². The van der Waals surface area contributed by atoms with Gasteiger partial charge in [0.25, 0.3) is 5.91 Å². The average Bonchev–Trinajstić information content (AvgIpc) is 2.56. The van der Waals surface area contributed by atoms with Crippen LogP contribution in [-0.2, 0) is 4.79 Å². The van der Waals surface area contributed by atoms with E-state index in [-0.39, 0.29) is 11.8 Å². The Morgan fingerprint density at radius 2 is 1.68 bits per heavy atom. The van der Waals surface area contributed by atoms with Gasteiger partial charge in [0.2, 0.25) is 5.91 Å². The van der Waals surface area contributed by atoms with Gasteiger partial charge in [-0.05, 0) is 23.3 Å². The molecule has 2 rings (SSSR count). The van der Waals surface area contributed by atoms with E-state index in [1.165, 1.54) is 0 Å². The van der Waals surface area contributed by atoms with Gasteiger partial charge in [0.15, 0.2) is 0 Å². The molecule has 22 heavy (non-hydrogen) atoms. The fourth-order valence-electron chi connectivity index (χ4n) is 2.32. The number of benzene rings is 2. The summed E-state index contributed by atoms with van der Waals surface area (Å²) in [5.41, 5.74) is 0.662. The van der Waals surface area contributed by atoms with Gasteiger partial charge >= 0.3 is 0 Å². The van der Waals surface area contributed by atoms with Gasteiger partial charge in [-0.2, -0.15) is 0 Å². The lowest BCUT2D eigenvalue weighted by molar-refractivity contribution is -0.121. The van der Waals surface area contributed by atoms with Crippen molar-refractivity contribution in [2.45, 2.75) is 26.2 Å². The first-order chi connectivity index (χ1) is 10.7. The van der Waals surface area contributed by atoms with Crippen molar-refractivity contribution >= 4 is 22.6 Å². The van der Waals surface area contributed by atoms with E-state index < -0.39 is 0 Å². The maximum atomic E-state index is 12.3. The number of rotatable bonds is 7. The van der Waals surface area contributed by atoms with Gasteiger partial charge in [-0.15, -0.1) is 0 Å². The summed E-state index contributed by atoms with van der Waals surface area (Å²) in [4.78, 5) is 23.7. The van der Waals surface area contributed by atoms with Gasteiger partial charge in [0.1, 0.15) is 0 Å². The number of carbonyl (C=O) groups is 2. The largest absolute Gasteiger partial charge is 0.354 e. The minimum absolute atomic E-state index is 0.0428. The molecule has 0 saturated carbocycles. The smallest absolute Gasteiger partial charge is 0.251 e. The molecule has 0 heterocycles. The second-order valence-electron chi connectivity index (χ2n) is 5.24. The van der Waals surface area contributed by atoms with Gasteiger partial charge < -0.3 is 10.6 Å². The van der Waals surface area contributed by atoms with E-state index in [0.717, 1.165) is 23.6 Å². The SMILES string of the molecule is CCCCC(=O)NCCNC(=O)c1cccc2ccccc12. The Balaban J connectivity index is 1.86. The summed E-state index contributed by atoms with van der Waals surface area (Å²) in [7, 11) is 0. The van der Waals surface area contributed by atoms with E-state index in [9.17, 15) is 9.59 Å². The summed E-state index contributed by atoms with van der Waals surface area (Å²) in [5.74, 6) is -0.0686. The van der Waals surface area contributed by atoms with E-state index in [4.69, 9.17) is 0 Å². The Morgan fingerprint density at radius 3 is 2.50 bits per heavy atom. The summed E-state index contributed by atoms with van der Waals surface area (Å²) >= 11 is 0. The molecule has 0 radical (unpaired) electrons. The number of carbonyl (C=O) groups excluding carboxylic acids is 2.